The van der Waals surface area contributed by atoms with Gasteiger partial charge in [-0.15, -0.1) is 0 Å². The molecule has 0 atom stereocenters. The third-order valence-electron chi connectivity index (χ3n) is 4.57. The molecule has 6 heteroatoms. The molecule has 0 aliphatic rings. The Labute approximate surface area is 176 Å². The van der Waals surface area contributed by atoms with E-state index >= 15 is 0 Å². The number of pyridine rings is 1. The molecule has 146 valence electrons. The molecule has 0 saturated heterocycles. The fraction of sp³-hybridized carbons (Fsp3) is 0.130. The van der Waals surface area contributed by atoms with Crippen LogP contribution in [0.1, 0.15) is 27.4 Å². The smallest absolute Gasteiger partial charge is 0.287 e. The summed E-state index contributed by atoms with van der Waals surface area (Å²) >= 11 is 3.45. The van der Waals surface area contributed by atoms with E-state index in [1.54, 1.807) is 6.20 Å². The maximum atomic E-state index is 12.6. The Balaban J connectivity index is 1.41. The molecule has 0 unspecified atom stereocenters. The summed E-state index contributed by atoms with van der Waals surface area (Å²) in [5.41, 5.74) is 3.32. The minimum absolute atomic E-state index is 0.241. The Morgan fingerprint density at radius 1 is 1.14 bits per heavy atom. The highest BCUT2D eigenvalue weighted by molar-refractivity contribution is 9.10. The summed E-state index contributed by atoms with van der Waals surface area (Å²) in [6, 6.07) is 19.0. The number of hydrogen-bond donors (Lipinski definition) is 1. The number of furan rings is 1. The number of carbonyl (C=O) groups is 1. The second-order valence-electron chi connectivity index (χ2n) is 6.64. The zero-order chi connectivity index (χ0) is 20.2. The van der Waals surface area contributed by atoms with Gasteiger partial charge in [-0.05, 0) is 55.0 Å². The number of benzene rings is 2. The number of nitrogens with zero attached hydrogens (tertiary/aromatic N) is 1. The maximum absolute atomic E-state index is 12.6. The van der Waals surface area contributed by atoms with Crippen molar-refractivity contribution in [2.75, 3.05) is 0 Å². The van der Waals surface area contributed by atoms with E-state index in [0.717, 1.165) is 32.4 Å². The van der Waals surface area contributed by atoms with Crippen molar-refractivity contribution < 1.29 is 13.9 Å². The molecule has 2 aromatic carbocycles. The van der Waals surface area contributed by atoms with E-state index in [1.165, 1.54) is 0 Å². The number of carbonyl (C=O) groups excluding carboxylic acids is 1. The molecule has 4 rings (SSSR count). The van der Waals surface area contributed by atoms with Crippen molar-refractivity contribution in [2.24, 2.45) is 0 Å². The van der Waals surface area contributed by atoms with Crippen LogP contribution in [0.3, 0.4) is 0 Å². The zero-order valence-electron chi connectivity index (χ0n) is 15.8. The molecule has 0 bridgehead atoms. The van der Waals surface area contributed by atoms with E-state index in [9.17, 15) is 4.79 Å². The molecular formula is C23H19BrN2O3. The molecule has 0 radical (unpaired) electrons. The van der Waals surface area contributed by atoms with Crippen LogP contribution in [0.5, 0.6) is 5.75 Å². The van der Waals surface area contributed by atoms with Crippen molar-refractivity contribution in [1.82, 2.24) is 10.3 Å². The number of fused-ring (bicyclic) bond motifs is 1. The summed E-state index contributed by atoms with van der Waals surface area (Å²) in [4.78, 5) is 16.9. The minimum atomic E-state index is -0.241. The van der Waals surface area contributed by atoms with Crippen LogP contribution in [0, 0.1) is 6.92 Å². The van der Waals surface area contributed by atoms with Gasteiger partial charge < -0.3 is 14.5 Å². The molecule has 0 saturated carbocycles. The van der Waals surface area contributed by atoms with Gasteiger partial charge in [-0.3, -0.25) is 9.78 Å². The first-order chi connectivity index (χ1) is 14.1. The lowest BCUT2D eigenvalue weighted by molar-refractivity contribution is 0.0924. The van der Waals surface area contributed by atoms with E-state index in [0.29, 0.717) is 24.5 Å². The summed E-state index contributed by atoms with van der Waals surface area (Å²) < 4.78 is 12.5. The minimum Gasteiger partial charge on any atom is -0.487 e. The van der Waals surface area contributed by atoms with Crippen molar-refractivity contribution in [2.45, 2.75) is 20.1 Å². The highest BCUT2D eigenvalue weighted by Crippen LogP contribution is 2.28. The lowest BCUT2D eigenvalue weighted by Gasteiger charge is -2.08. The number of halogens is 1. The van der Waals surface area contributed by atoms with E-state index < -0.39 is 0 Å². The fourth-order valence-electron chi connectivity index (χ4n) is 3.06. The highest BCUT2D eigenvalue weighted by Gasteiger charge is 2.17. The molecule has 2 heterocycles. The second-order valence-corrected chi connectivity index (χ2v) is 7.55. The van der Waals surface area contributed by atoms with Crippen LogP contribution in [0.4, 0.5) is 0 Å². The monoisotopic (exact) mass is 450 g/mol. The molecule has 0 spiro atoms. The predicted octanol–water partition coefficient (Wildman–Crippen LogP) is 5.41. The van der Waals surface area contributed by atoms with Crippen molar-refractivity contribution in [3.8, 4) is 5.75 Å². The average molecular weight is 451 g/mol. The van der Waals surface area contributed by atoms with Crippen molar-refractivity contribution in [1.29, 1.82) is 0 Å². The molecule has 1 N–H and O–H groups in total. The number of aromatic nitrogens is 1. The molecule has 0 fully saturated rings. The maximum Gasteiger partial charge on any atom is 0.287 e. The molecule has 29 heavy (non-hydrogen) atoms. The van der Waals surface area contributed by atoms with Crippen LogP contribution >= 0.6 is 15.9 Å². The van der Waals surface area contributed by atoms with Crippen LogP contribution in [0.2, 0.25) is 0 Å². The van der Waals surface area contributed by atoms with Gasteiger partial charge in [0.15, 0.2) is 5.76 Å². The van der Waals surface area contributed by atoms with Crippen molar-refractivity contribution in [3.05, 3.63) is 93.9 Å². The van der Waals surface area contributed by atoms with Gasteiger partial charge in [0.2, 0.25) is 0 Å². The summed E-state index contributed by atoms with van der Waals surface area (Å²) in [6.45, 7) is 2.66. The van der Waals surface area contributed by atoms with E-state index in [-0.39, 0.29) is 5.91 Å². The van der Waals surface area contributed by atoms with Crippen LogP contribution in [-0.2, 0) is 13.2 Å². The van der Waals surface area contributed by atoms with Gasteiger partial charge in [0, 0.05) is 28.2 Å². The average Bonchev–Trinajstić information content (AvgIpc) is 3.07. The van der Waals surface area contributed by atoms with Crippen LogP contribution < -0.4 is 10.1 Å². The third-order valence-corrected chi connectivity index (χ3v) is 5.06. The fourth-order valence-corrected chi connectivity index (χ4v) is 3.42. The van der Waals surface area contributed by atoms with Crippen LogP contribution in [0.25, 0.3) is 11.0 Å². The number of rotatable bonds is 6. The summed E-state index contributed by atoms with van der Waals surface area (Å²) in [7, 11) is 0. The van der Waals surface area contributed by atoms with E-state index in [1.807, 2.05) is 67.6 Å². The Morgan fingerprint density at radius 3 is 2.86 bits per heavy atom. The molecule has 5 nitrogen and oxygen atoms in total. The van der Waals surface area contributed by atoms with Crippen LogP contribution in [-0.4, -0.2) is 10.9 Å². The molecule has 0 aliphatic carbocycles. The second kappa shape index (κ2) is 8.49. The standard InChI is InChI=1S/C23H19BrN2O3/c1-15-20-12-17(24)8-9-21(20)29-22(15)23(27)26-13-16-5-4-7-19(11-16)28-14-18-6-2-3-10-25-18/h2-12H,13-14H2,1H3,(H,26,27). The van der Waals surface area contributed by atoms with Crippen LogP contribution in [0.15, 0.2) is 75.8 Å². The summed E-state index contributed by atoms with van der Waals surface area (Å²) in [6.07, 6.45) is 1.74. The number of aryl methyl sites for hydroxylation is 1. The predicted molar refractivity (Wildman–Crippen MR) is 115 cm³/mol. The largest absolute Gasteiger partial charge is 0.487 e. The van der Waals surface area contributed by atoms with E-state index in [2.05, 4.69) is 26.2 Å². The molecule has 1 amide bonds. The number of nitrogens with one attached hydrogen (secondary N) is 1. The van der Waals surface area contributed by atoms with Gasteiger partial charge in [-0.2, -0.15) is 0 Å². The molecule has 4 aromatic rings. The number of amides is 1. The number of hydrogen-bond acceptors (Lipinski definition) is 4. The van der Waals surface area contributed by atoms with Gasteiger partial charge in [0.25, 0.3) is 5.91 Å². The molecule has 2 aromatic heterocycles. The van der Waals surface area contributed by atoms with E-state index in [4.69, 9.17) is 9.15 Å². The lowest BCUT2D eigenvalue weighted by Crippen LogP contribution is -2.22. The lowest BCUT2D eigenvalue weighted by atomic mass is 10.1. The molecule has 0 aliphatic heterocycles. The Hall–Kier alpha value is -3.12. The normalized spacial score (nSPS) is 10.8. The highest BCUT2D eigenvalue weighted by atomic mass is 79.9. The summed E-state index contributed by atoms with van der Waals surface area (Å²) in [5, 5.41) is 3.85. The van der Waals surface area contributed by atoms with Gasteiger partial charge >= 0.3 is 0 Å². The van der Waals surface area contributed by atoms with Gasteiger partial charge in [-0.1, -0.05) is 34.1 Å². The Kier molecular flexibility index (Phi) is 5.62. The Bertz CT molecular complexity index is 1160. The first kappa shape index (κ1) is 19.2. The van der Waals surface area contributed by atoms with Crippen molar-refractivity contribution in [3.63, 3.8) is 0 Å². The SMILES string of the molecule is Cc1c(C(=O)NCc2cccc(OCc3ccccn3)c2)oc2ccc(Br)cc12. The quantitative estimate of drug-likeness (QED) is 0.426. The van der Waals surface area contributed by atoms with Gasteiger partial charge in [-0.25, -0.2) is 0 Å². The third kappa shape index (κ3) is 4.49. The first-order valence-corrected chi connectivity index (χ1v) is 9.98. The number of ether oxygens (including phenoxy) is 1. The van der Waals surface area contributed by atoms with Gasteiger partial charge in [0.05, 0.1) is 5.69 Å². The Morgan fingerprint density at radius 2 is 2.03 bits per heavy atom. The summed E-state index contributed by atoms with van der Waals surface area (Å²) in [5.74, 6) is 0.822. The zero-order valence-corrected chi connectivity index (χ0v) is 17.4. The van der Waals surface area contributed by atoms with Gasteiger partial charge in [0.1, 0.15) is 17.9 Å². The first-order valence-electron chi connectivity index (χ1n) is 9.18. The molecular weight excluding hydrogens is 432 g/mol. The van der Waals surface area contributed by atoms with Crippen molar-refractivity contribution >= 4 is 32.8 Å². The topological polar surface area (TPSA) is 64.4 Å².